The maximum atomic E-state index is 12.0. The fraction of sp³-hybridized carbons (Fsp3) is 0.333. The van der Waals surface area contributed by atoms with Crippen LogP contribution in [0.5, 0.6) is 0 Å². The lowest BCUT2D eigenvalue weighted by atomic mass is 10.4. The lowest BCUT2D eigenvalue weighted by Crippen LogP contribution is -2.08. The van der Waals surface area contributed by atoms with Gasteiger partial charge in [0.05, 0.1) is 16.4 Å². The molecule has 0 bridgehead atoms. The lowest BCUT2D eigenvalue weighted by molar-refractivity contribution is 0.427. The molecule has 1 aromatic heterocycles. The molecule has 1 heterocycles. The number of rotatable bonds is 7. The zero-order chi connectivity index (χ0) is 14.4. The Labute approximate surface area is 126 Å². The lowest BCUT2D eigenvalue weighted by Gasteiger charge is -2.02. The number of benzene rings is 1. The molecule has 0 atom stereocenters. The highest BCUT2D eigenvalue weighted by Gasteiger charge is 2.15. The summed E-state index contributed by atoms with van der Waals surface area (Å²) >= 11 is 2.85. The van der Waals surface area contributed by atoms with Crippen molar-refractivity contribution < 1.29 is 12.8 Å². The average Bonchev–Trinajstić information content (AvgIpc) is 2.88. The predicted molar refractivity (Wildman–Crippen MR) is 80.7 cm³/mol. The van der Waals surface area contributed by atoms with Crippen LogP contribution in [0.3, 0.4) is 0 Å². The van der Waals surface area contributed by atoms with Crippen LogP contribution in [-0.4, -0.2) is 36.4 Å². The van der Waals surface area contributed by atoms with Gasteiger partial charge in [-0.1, -0.05) is 30.0 Å². The molecular formula is C12H14N2O3S3. The Kier molecular flexibility index (Phi) is 5.50. The summed E-state index contributed by atoms with van der Waals surface area (Å²) in [4.78, 5) is 0.342. The van der Waals surface area contributed by atoms with E-state index in [9.17, 15) is 8.42 Å². The maximum absolute atomic E-state index is 12.0. The van der Waals surface area contributed by atoms with Crippen LogP contribution < -0.4 is 0 Å². The first-order valence-corrected chi connectivity index (χ1v) is 9.87. The average molecular weight is 330 g/mol. The molecule has 0 aliphatic heterocycles. The van der Waals surface area contributed by atoms with Crippen molar-refractivity contribution in [1.82, 2.24) is 10.2 Å². The van der Waals surface area contributed by atoms with Crippen molar-refractivity contribution in [2.24, 2.45) is 0 Å². The Morgan fingerprint density at radius 2 is 1.95 bits per heavy atom. The van der Waals surface area contributed by atoms with Gasteiger partial charge < -0.3 is 4.42 Å². The van der Waals surface area contributed by atoms with Crippen LogP contribution in [0.1, 0.15) is 5.89 Å². The first-order valence-electron chi connectivity index (χ1n) is 5.84. The van der Waals surface area contributed by atoms with E-state index >= 15 is 0 Å². The number of aromatic nitrogens is 2. The van der Waals surface area contributed by atoms with Crippen molar-refractivity contribution in [1.29, 1.82) is 0 Å². The first kappa shape index (κ1) is 15.4. The fourth-order valence-corrected chi connectivity index (χ4v) is 4.27. The van der Waals surface area contributed by atoms with Crippen LogP contribution in [0.25, 0.3) is 0 Å². The summed E-state index contributed by atoms with van der Waals surface area (Å²) in [6.07, 6.45) is 1.95. The molecule has 0 fully saturated rings. The minimum atomic E-state index is -3.25. The monoisotopic (exact) mass is 330 g/mol. The molecule has 0 N–H and O–H groups in total. The largest absolute Gasteiger partial charge is 0.415 e. The third-order valence-electron chi connectivity index (χ3n) is 2.40. The molecule has 0 aliphatic carbocycles. The molecule has 20 heavy (non-hydrogen) atoms. The van der Waals surface area contributed by atoms with E-state index in [1.807, 2.05) is 6.26 Å². The number of thioether (sulfide) groups is 2. The van der Waals surface area contributed by atoms with Crippen molar-refractivity contribution >= 4 is 33.4 Å². The summed E-state index contributed by atoms with van der Waals surface area (Å²) in [6, 6.07) is 8.42. The molecule has 108 valence electrons. The molecule has 0 amide bonds. The zero-order valence-electron chi connectivity index (χ0n) is 10.9. The maximum Gasteiger partial charge on any atom is 0.276 e. The normalized spacial score (nSPS) is 11.7. The standard InChI is InChI=1S/C12H14N2O3S3/c1-18-9-11-13-14-12(17-11)19-7-8-20(15,16)10-5-3-2-4-6-10/h2-6H,7-9H2,1H3. The Morgan fingerprint density at radius 3 is 2.65 bits per heavy atom. The SMILES string of the molecule is CSCc1nnc(SCCS(=O)(=O)c2ccccc2)o1. The Morgan fingerprint density at radius 1 is 1.20 bits per heavy atom. The van der Waals surface area contributed by atoms with Gasteiger partial charge >= 0.3 is 0 Å². The number of hydrogen-bond acceptors (Lipinski definition) is 7. The topological polar surface area (TPSA) is 73.1 Å². The minimum absolute atomic E-state index is 0.0436. The summed E-state index contributed by atoms with van der Waals surface area (Å²) in [6.45, 7) is 0. The van der Waals surface area contributed by atoms with Gasteiger partial charge in [0.15, 0.2) is 9.84 Å². The molecule has 2 rings (SSSR count). The molecule has 0 aliphatic rings. The van der Waals surface area contributed by atoms with Gasteiger partial charge in [0.1, 0.15) is 0 Å². The van der Waals surface area contributed by atoms with Crippen LogP contribution in [-0.2, 0) is 15.6 Å². The highest BCUT2D eigenvalue weighted by atomic mass is 32.2. The molecule has 8 heteroatoms. The highest BCUT2D eigenvalue weighted by molar-refractivity contribution is 8.00. The van der Waals surface area contributed by atoms with E-state index in [1.165, 1.54) is 11.8 Å². The van der Waals surface area contributed by atoms with E-state index in [4.69, 9.17) is 4.42 Å². The van der Waals surface area contributed by atoms with E-state index < -0.39 is 9.84 Å². The van der Waals surface area contributed by atoms with Crippen molar-refractivity contribution in [2.75, 3.05) is 17.8 Å². The van der Waals surface area contributed by atoms with Crippen LogP contribution in [0, 0.1) is 0 Å². The van der Waals surface area contributed by atoms with Gasteiger partial charge in [0.25, 0.3) is 5.22 Å². The van der Waals surface area contributed by atoms with Crippen LogP contribution >= 0.6 is 23.5 Å². The van der Waals surface area contributed by atoms with E-state index in [1.54, 1.807) is 42.1 Å². The van der Waals surface area contributed by atoms with Gasteiger partial charge in [-0.3, -0.25) is 0 Å². The molecule has 1 aromatic carbocycles. The van der Waals surface area contributed by atoms with Crippen molar-refractivity contribution in [2.45, 2.75) is 15.9 Å². The van der Waals surface area contributed by atoms with Crippen LogP contribution in [0.2, 0.25) is 0 Å². The van der Waals surface area contributed by atoms with E-state index in [-0.39, 0.29) is 5.75 Å². The molecule has 2 aromatic rings. The minimum Gasteiger partial charge on any atom is -0.415 e. The van der Waals surface area contributed by atoms with E-state index in [0.717, 1.165) is 0 Å². The second kappa shape index (κ2) is 7.14. The second-order valence-corrected chi connectivity index (χ2v) is 7.90. The van der Waals surface area contributed by atoms with Crippen LogP contribution in [0.15, 0.2) is 44.9 Å². The molecule has 0 spiro atoms. The van der Waals surface area contributed by atoms with Gasteiger partial charge in [0.2, 0.25) is 5.89 Å². The smallest absolute Gasteiger partial charge is 0.276 e. The quantitative estimate of drug-likeness (QED) is 0.722. The second-order valence-electron chi connectivity index (χ2n) is 3.88. The first-order chi connectivity index (χ1) is 9.62. The van der Waals surface area contributed by atoms with Crippen LogP contribution in [0.4, 0.5) is 0 Å². The van der Waals surface area contributed by atoms with Gasteiger partial charge in [-0.05, 0) is 18.4 Å². The summed E-state index contributed by atoms with van der Waals surface area (Å²) in [7, 11) is -3.25. The molecular weight excluding hydrogens is 316 g/mol. The number of sulfone groups is 1. The third kappa shape index (κ3) is 4.26. The number of hydrogen-bond donors (Lipinski definition) is 0. The molecule has 0 radical (unpaired) electrons. The van der Waals surface area contributed by atoms with E-state index in [0.29, 0.717) is 27.5 Å². The van der Waals surface area contributed by atoms with Gasteiger partial charge in [-0.2, -0.15) is 11.8 Å². The molecule has 0 saturated carbocycles. The van der Waals surface area contributed by atoms with Gasteiger partial charge in [-0.25, -0.2) is 8.42 Å². The third-order valence-corrected chi connectivity index (χ3v) is 5.74. The summed E-state index contributed by atoms with van der Waals surface area (Å²) in [5.74, 6) is 1.65. The number of nitrogens with zero attached hydrogens (tertiary/aromatic N) is 2. The summed E-state index contributed by atoms with van der Waals surface area (Å²) in [5, 5.41) is 8.15. The Balaban J connectivity index is 1.89. The Hall–Kier alpha value is -0.990. The molecule has 0 saturated heterocycles. The van der Waals surface area contributed by atoms with Crippen molar-refractivity contribution in [3.8, 4) is 0 Å². The van der Waals surface area contributed by atoms with Gasteiger partial charge in [-0.15, -0.1) is 10.2 Å². The fourth-order valence-electron chi connectivity index (χ4n) is 1.46. The summed E-state index contributed by atoms with van der Waals surface area (Å²) < 4.78 is 29.5. The molecule has 0 unspecified atom stereocenters. The molecule has 5 nitrogen and oxygen atoms in total. The van der Waals surface area contributed by atoms with E-state index in [2.05, 4.69) is 10.2 Å². The van der Waals surface area contributed by atoms with Gasteiger partial charge in [0, 0.05) is 5.75 Å². The summed E-state index contributed by atoms with van der Waals surface area (Å²) in [5.41, 5.74) is 0. The van der Waals surface area contributed by atoms with Crippen molar-refractivity contribution in [3.63, 3.8) is 0 Å². The van der Waals surface area contributed by atoms with Crippen molar-refractivity contribution in [3.05, 3.63) is 36.2 Å². The predicted octanol–water partition coefficient (Wildman–Crippen LogP) is 2.50. The highest BCUT2D eigenvalue weighted by Crippen LogP contribution is 2.19. The Bertz CT molecular complexity index is 641. The zero-order valence-corrected chi connectivity index (χ0v) is 13.3.